The first kappa shape index (κ1) is 17.3. The summed E-state index contributed by atoms with van der Waals surface area (Å²) in [4.78, 5) is 18.9. The molecule has 3 aromatic rings. The van der Waals surface area contributed by atoms with E-state index in [1.807, 2.05) is 18.2 Å². The predicted molar refractivity (Wildman–Crippen MR) is 102 cm³/mol. The van der Waals surface area contributed by atoms with Gasteiger partial charge in [0.05, 0.1) is 13.1 Å². The Balaban J connectivity index is 1.41. The molecule has 4 rings (SSSR count). The van der Waals surface area contributed by atoms with E-state index in [0.717, 1.165) is 12.8 Å². The second kappa shape index (κ2) is 7.61. The van der Waals surface area contributed by atoms with Crippen molar-refractivity contribution in [2.75, 3.05) is 4.90 Å². The molecule has 1 aliphatic heterocycles. The largest absolute Gasteiger partial charge is 0.359 e. The molecule has 0 fully saturated rings. The van der Waals surface area contributed by atoms with Crippen LogP contribution >= 0.6 is 0 Å². The van der Waals surface area contributed by atoms with Crippen molar-refractivity contribution in [1.82, 2.24) is 15.5 Å². The number of benzene rings is 2. The maximum Gasteiger partial charge on any atom is 0.251 e. The van der Waals surface area contributed by atoms with Gasteiger partial charge in [-0.1, -0.05) is 41.6 Å². The molecule has 2 aromatic carbocycles. The zero-order valence-corrected chi connectivity index (χ0v) is 15.3. The number of nitrogens with one attached hydrogen (secondary N) is 1. The molecule has 1 atom stereocenters. The molecular formula is C21H22N4O2. The molecular weight excluding hydrogens is 340 g/mol. The van der Waals surface area contributed by atoms with Crippen LogP contribution in [-0.2, 0) is 19.5 Å². The number of hydrogen-bond acceptors (Lipinski definition) is 5. The number of carbonyl (C=O) groups excluding carboxylic acids is 1. The molecule has 0 aliphatic carbocycles. The SMILES string of the molecule is CC1CCc2ccccc2N1Cc1nc(CNC(=O)c2ccccc2)no1. The van der Waals surface area contributed by atoms with E-state index in [-0.39, 0.29) is 12.5 Å². The maximum absolute atomic E-state index is 12.1. The van der Waals surface area contributed by atoms with Crippen molar-refractivity contribution in [1.29, 1.82) is 0 Å². The van der Waals surface area contributed by atoms with E-state index in [4.69, 9.17) is 4.52 Å². The quantitative estimate of drug-likeness (QED) is 0.754. The predicted octanol–water partition coefficient (Wildman–Crippen LogP) is 3.34. The van der Waals surface area contributed by atoms with E-state index < -0.39 is 0 Å². The monoisotopic (exact) mass is 362 g/mol. The van der Waals surface area contributed by atoms with Gasteiger partial charge in [0.25, 0.3) is 5.91 Å². The third-order valence-electron chi connectivity index (χ3n) is 4.92. The zero-order chi connectivity index (χ0) is 18.6. The fraction of sp³-hybridized carbons (Fsp3) is 0.286. The van der Waals surface area contributed by atoms with Crippen molar-refractivity contribution >= 4 is 11.6 Å². The Bertz CT molecular complexity index is 923. The Morgan fingerprint density at radius 3 is 2.81 bits per heavy atom. The molecule has 1 aliphatic rings. The molecule has 1 N–H and O–H groups in total. The molecule has 0 radical (unpaired) electrons. The van der Waals surface area contributed by atoms with Gasteiger partial charge in [-0.2, -0.15) is 4.98 Å². The molecule has 6 heteroatoms. The summed E-state index contributed by atoms with van der Waals surface area (Å²) in [7, 11) is 0. The van der Waals surface area contributed by atoms with Gasteiger partial charge in [-0.15, -0.1) is 0 Å². The first-order valence-corrected chi connectivity index (χ1v) is 9.20. The van der Waals surface area contributed by atoms with Crippen LogP contribution in [0.25, 0.3) is 0 Å². The summed E-state index contributed by atoms with van der Waals surface area (Å²) >= 11 is 0. The molecule has 1 amide bonds. The van der Waals surface area contributed by atoms with E-state index in [9.17, 15) is 4.79 Å². The third-order valence-corrected chi connectivity index (χ3v) is 4.92. The molecule has 6 nitrogen and oxygen atoms in total. The summed E-state index contributed by atoms with van der Waals surface area (Å²) < 4.78 is 5.41. The van der Waals surface area contributed by atoms with Crippen LogP contribution in [0.1, 0.15) is 41.0 Å². The Morgan fingerprint density at radius 1 is 1.19 bits per heavy atom. The highest BCUT2D eigenvalue weighted by atomic mass is 16.5. The molecule has 0 spiro atoms. The number of nitrogens with zero attached hydrogens (tertiary/aromatic N) is 3. The number of anilines is 1. The Kier molecular flexibility index (Phi) is 4.87. The maximum atomic E-state index is 12.1. The van der Waals surface area contributed by atoms with E-state index in [1.165, 1.54) is 11.3 Å². The average Bonchev–Trinajstić information content (AvgIpc) is 3.16. The summed E-state index contributed by atoms with van der Waals surface area (Å²) in [6.45, 7) is 3.02. The number of carbonyl (C=O) groups is 1. The number of fused-ring (bicyclic) bond motifs is 1. The number of hydrogen-bond donors (Lipinski definition) is 1. The van der Waals surface area contributed by atoms with E-state index in [0.29, 0.717) is 29.9 Å². The average molecular weight is 362 g/mol. The normalized spacial score (nSPS) is 16.0. The minimum atomic E-state index is -0.152. The van der Waals surface area contributed by atoms with Crippen LogP contribution in [0, 0.1) is 0 Å². The Morgan fingerprint density at radius 2 is 1.96 bits per heavy atom. The van der Waals surface area contributed by atoms with Gasteiger partial charge in [-0.25, -0.2) is 0 Å². The molecule has 2 heterocycles. The number of amides is 1. The standard InChI is InChI=1S/C21H22N4O2/c1-15-11-12-16-7-5-6-10-18(16)25(15)14-20-23-19(24-27-20)13-22-21(26)17-8-3-2-4-9-17/h2-10,15H,11-14H2,1H3,(H,22,26). The summed E-state index contributed by atoms with van der Waals surface area (Å²) in [5.41, 5.74) is 3.19. The highest BCUT2D eigenvalue weighted by Crippen LogP contribution is 2.31. The first-order valence-electron chi connectivity index (χ1n) is 9.20. The highest BCUT2D eigenvalue weighted by Gasteiger charge is 2.24. The third kappa shape index (κ3) is 3.84. The van der Waals surface area contributed by atoms with Crippen LogP contribution in [-0.4, -0.2) is 22.1 Å². The lowest BCUT2D eigenvalue weighted by atomic mass is 9.97. The summed E-state index contributed by atoms with van der Waals surface area (Å²) in [6.07, 6.45) is 2.19. The van der Waals surface area contributed by atoms with Gasteiger partial charge in [-0.3, -0.25) is 4.79 Å². The van der Waals surface area contributed by atoms with Gasteiger partial charge < -0.3 is 14.7 Å². The fourth-order valence-electron chi connectivity index (χ4n) is 3.42. The van der Waals surface area contributed by atoms with Crippen molar-refractivity contribution in [3.05, 3.63) is 77.4 Å². The molecule has 0 bridgehead atoms. The van der Waals surface area contributed by atoms with E-state index >= 15 is 0 Å². The van der Waals surface area contributed by atoms with Crippen molar-refractivity contribution in [3.8, 4) is 0 Å². The first-order chi connectivity index (χ1) is 13.2. The summed E-state index contributed by atoms with van der Waals surface area (Å²) in [5.74, 6) is 0.885. The van der Waals surface area contributed by atoms with Crippen LogP contribution in [0.2, 0.25) is 0 Å². The number of aryl methyl sites for hydroxylation is 1. The molecule has 1 unspecified atom stereocenters. The lowest BCUT2D eigenvalue weighted by Gasteiger charge is -2.36. The van der Waals surface area contributed by atoms with Gasteiger partial charge in [0.2, 0.25) is 5.89 Å². The minimum absolute atomic E-state index is 0.152. The molecule has 0 saturated carbocycles. The molecule has 138 valence electrons. The van der Waals surface area contributed by atoms with Crippen LogP contribution in [0.5, 0.6) is 0 Å². The second-order valence-corrected chi connectivity index (χ2v) is 6.80. The topological polar surface area (TPSA) is 71.3 Å². The van der Waals surface area contributed by atoms with Gasteiger partial charge in [-0.05, 0) is 43.5 Å². The molecule has 27 heavy (non-hydrogen) atoms. The second-order valence-electron chi connectivity index (χ2n) is 6.80. The van der Waals surface area contributed by atoms with E-state index in [2.05, 4.69) is 51.5 Å². The highest BCUT2D eigenvalue weighted by molar-refractivity contribution is 5.93. The van der Waals surface area contributed by atoms with Gasteiger partial charge >= 0.3 is 0 Å². The minimum Gasteiger partial charge on any atom is -0.359 e. The Hall–Kier alpha value is -3.15. The van der Waals surface area contributed by atoms with Gasteiger partial charge in [0.15, 0.2) is 5.82 Å². The lowest BCUT2D eigenvalue weighted by molar-refractivity contribution is 0.0949. The summed E-state index contributed by atoms with van der Waals surface area (Å²) in [5, 5.41) is 6.82. The number of rotatable bonds is 5. The van der Waals surface area contributed by atoms with Crippen molar-refractivity contribution in [2.45, 2.75) is 38.9 Å². The lowest BCUT2D eigenvalue weighted by Crippen LogP contribution is -2.36. The number of aromatic nitrogens is 2. The van der Waals surface area contributed by atoms with Gasteiger partial charge in [0, 0.05) is 17.3 Å². The smallest absolute Gasteiger partial charge is 0.251 e. The molecule has 0 saturated heterocycles. The van der Waals surface area contributed by atoms with Crippen molar-refractivity contribution in [3.63, 3.8) is 0 Å². The van der Waals surface area contributed by atoms with Crippen LogP contribution in [0.4, 0.5) is 5.69 Å². The van der Waals surface area contributed by atoms with Crippen LogP contribution < -0.4 is 10.2 Å². The number of para-hydroxylation sites is 1. The van der Waals surface area contributed by atoms with Crippen molar-refractivity contribution < 1.29 is 9.32 Å². The molecule has 1 aromatic heterocycles. The fourth-order valence-corrected chi connectivity index (χ4v) is 3.42. The van der Waals surface area contributed by atoms with Gasteiger partial charge in [0.1, 0.15) is 0 Å². The zero-order valence-electron chi connectivity index (χ0n) is 15.3. The van der Waals surface area contributed by atoms with Crippen molar-refractivity contribution in [2.24, 2.45) is 0 Å². The summed E-state index contributed by atoms with van der Waals surface area (Å²) in [6, 6.07) is 17.9. The van der Waals surface area contributed by atoms with Crippen LogP contribution in [0.15, 0.2) is 59.1 Å². The Labute approximate surface area is 158 Å². The van der Waals surface area contributed by atoms with Crippen LogP contribution in [0.3, 0.4) is 0 Å². The van der Waals surface area contributed by atoms with E-state index in [1.54, 1.807) is 12.1 Å².